The number of fused-ring (bicyclic) bond motifs is 1. The van der Waals surface area contributed by atoms with Gasteiger partial charge in [-0.1, -0.05) is 23.7 Å². The number of H-pyrrole nitrogens is 1. The molecule has 2 aromatic rings. The first kappa shape index (κ1) is 13.6. The molecule has 0 saturated carbocycles. The highest BCUT2D eigenvalue weighted by Gasteiger charge is 2.27. The normalized spacial score (nSPS) is 16.1. The van der Waals surface area contributed by atoms with Crippen molar-refractivity contribution in [2.45, 2.75) is 13.0 Å². The van der Waals surface area contributed by atoms with Gasteiger partial charge in [0.2, 0.25) is 10.0 Å². The summed E-state index contributed by atoms with van der Waals surface area (Å²) < 4.78 is 24.9. The van der Waals surface area contributed by atoms with Crippen molar-refractivity contribution in [1.82, 2.24) is 14.5 Å². The number of nitrogens with one attached hydrogen (secondary N) is 1. The third-order valence-electron chi connectivity index (χ3n) is 3.49. The van der Waals surface area contributed by atoms with Crippen LogP contribution in [0.5, 0.6) is 0 Å². The first-order valence-electron chi connectivity index (χ1n) is 6.22. The second-order valence-corrected chi connectivity index (χ2v) is 7.30. The number of aromatic nitrogens is 2. The topological polar surface area (TPSA) is 66.1 Å². The van der Waals surface area contributed by atoms with E-state index in [1.54, 1.807) is 12.1 Å². The molecule has 0 bridgehead atoms. The van der Waals surface area contributed by atoms with Crippen LogP contribution in [0.25, 0.3) is 11.3 Å². The van der Waals surface area contributed by atoms with Crippen LogP contribution in [-0.4, -0.2) is 35.7 Å². The van der Waals surface area contributed by atoms with Crippen LogP contribution in [0.4, 0.5) is 0 Å². The summed E-state index contributed by atoms with van der Waals surface area (Å²) in [4.78, 5) is 0. The summed E-state index contributed by atoms with van der Waals surface area (Å²) in [7, 11) is -3.18. The Hall–Kier alpha value is -1.37. The molecule has 0 saturated heterocycles. The van der Waals surface area contributed by atoms with E-state index in [2.05, 4.69) is 10.2 Å². The van der Waals surface area contributed by atoms with Crippen LogP contribution in [0.1, 0.15) is 11.3 Å². The Kier molecular flexibility index (Phi) is 3.32. The monoisotopic (exact) mass is 311 g/mol. The molecule has 20 heavy (non-hydrogen) atoms. The van der Waals surface area contributed by atoms with Crippen molar-refractivity contribution < 1.29 is 8.42 Å². The SMILES string of the molecule is CS(=O)(=O)N1CCc2[nH]nc(-c3ccc(Cl)cc3)c2C1. The van der Waals surface area contributed by atoms with E-state index in [-0.39, 0.29) is 0 Å². The summed E-state index contributed by atoms with van der Waals surface area (Å²) in [5.74, 6) is 0. The van der Waals surface area contributed by atoms with Gasteiger partial charge < -0.3 is 0 Å². The van der Waals surface area contributed by atoms with Crippen molar-refractivity contribution in [3.63, 3.8) is 0 Å². The van der Waals surface area contributed by atoms with E-state index in [9.17, 15) is 8.42 Å². The fourth-order valence-electron chi connectivity index (χ4n) is 2.40. The van der Waals surface area contributed by atoms with Crippen LogP contribution in [0.15, 0.2) is 24.3 Å². The van der Waals surface area contributed by atoms with Crippen molar-refractivity contribution in [3.8, 4) is 11.3 Å². The fourth-order valence-corrected chi connectivity index (χ4v) is 3.31. The number of halogens is 1. The third-order valence-corrected chi connectivity index (χ3v) is 4.99. The third kappa shape index (κ3) is 2.46. The van der Waals surface area contributed by atoms with Crippen molar-refractivity contribution in [1.29, 1.82) is 0 Å². The molecule has 2 heterocycles. The average molecular weight is 312 g/mol. The van der Waals surface area contributed by atoms with Gasteiger partial charge in [-0.25, -0.2) is 8.42 Å². The Labute approximate surface area is 122 Å². The van der Waals surface area contributed by atoms with Crippen LogP contribution < -0.4 is 0 Å². The Morgan fingerprint density at radius 2 is 2.00 bits per heavy atom. The van der Waals surface area contributed by atoms with E-state index in [0.717, 1.165) is 22.5 Å². The van der Waals surface area contributed by atoms with Crippen LogP contribution in [0.3, 0.4) is 0 Å². The lowest BCUT2D eigenvalue weighted by Gasteiger charge is -2.24. The highest BCUT2D eigenvalue weighted by molar-refractivity contribution is 7.88. The highest BCUT2D eigenvalue weighted by Crippen LogP contribution is 2.29. The predicted octanol–water partition coefficient (Wildman–Crippen LogP) is 2.05. The first-order chi connectivity index (χ1) is 9.45. The molecule has 106 valence electrons. The Balaban J connectivity index is 2.01. The maximum atomic E-state index is 11.7. The number of rotatable bonds is 2. The van der Waals surface area contributed by atoms with Gasteiger partial charge in [0.25, 0.3) is 0 Å². The molecule has 0 amide bonds. The van der Waals surface area contributed by atoms with Crippen LogP contribution >= 0.6 is 11.6 Å². The maximum absolute atomic E-state index is 11.7. The Bertz CT molecular complexity index is 737. The molecule has 5 nitrogen and oxygen atoms in total. The molecular weight excluding hydrogens is 298 g/mol. The summed E-state index contributed by atoms with van der Waals surface area (Å²) in [6.45, 7) is 0.858. The molecule has 1 N–H and O–H groups in total. The number of benzene rings is 1. The van der Waals surface area contributed by atoms with Gasteiger partial charge >= 0.3 is 0 Å². The fraction of sp³-hybridized carbons (Fsp3) is 0.308. The second kappa shape index (κ2) is 4.87. The lowest BCUT2D eigenvalue weighted by Crippen LogP contribution is -2.35. The van der Waals surface area contributed by atoms with Gasteiger partial charge in [0.05, 0.1) is 11.9 Å². The van der Waals surface area contributed by atoms with E-state index < -0.39 is 10.0 Å². The molecule has 0 fully saturated rings. The zero-order chi connectivity index (χ0) is 14.3. The Morgan fingerprint density at radius 3 is 2.65 bits per heavy atom. The average Bonchev–Trinajstić information content (AvgIpc) is 2.81. The van der Waals surface area contributed by atoms with Crippen molar-refractivity contribution in [3.05, 3.63) is 40.5 Å². The molecule has 0 spiro atoms. The van der Waals surface area contributed by atoms with Gasteiger partial charge in [0, 0.05) is 41.4 Å². The summed E-state index contributed by atoms with van der Waals surface area (Å²) in [6.07, 6.45) is 1.89. The molecule has 1 aromatic heterocycles. The van der Waals surface area contributed by atoms with Gasteiger partial charge in [-0.15, -0.1) is 0 Å². The number of aromatic amines is 1. The number of hydrogen-bond acceptors (Lipinski definition) is 3. The van der Waals surface area contributed by atoms with Gasteiger partial charge in [0.15, 0.2) is 0 Å². The largest absolute Gasteiger partial charge is 0.282 e. The van der Waals surface area contributed by atoms with E-state index in [1.165, 1.54) is 10.6 Å². The van der Waals surface area contributed by atoms with Crippen LogP contribution in [0, 0.1) is 0 Å². The molecule has 0 unspecified atom stereocenters. The Morgan fingerprint density at radius 1 is 1.30 bits per heavy atom. The van der Waals surface area contributed by atoms with Gasteiger partial charge in [-0.2, -0.15) is 9.40 Å². The van der Waals surface area contributed by atoms with Crippen molar-refractivity contribution in [2.75, 3.05) is 12.8 Å². The van der Waals surface area contributed by atoms with E-state index in [0.29, 0.717) is 24.5 Å². The lowest BCUT2D eigenvalue weighted by molar-refractivity contribution is 0.394. The standard InChI is InChI=1S/C13H14ClN3O2S/c1-20(18,19)17-7-6-12-11(8-17)13(16-15-12)9-2-4-10(14)5-3-9/h2-5H,6-8H2,1H3,(H,15,16). The minimum absolute atomic E-state index is 0.364. The van der Waals surface area contributed by atoms with Crippen LogP contribution in [0.2, 0.25) is 5.02 Å². The molecule has 1 aliphatic heterocycles. The molecule has 0 atom stereocenters. The zero-order valence-electron chi connectivity index (χ0n) is 10.9. The number of nitrogens with zero attached hydrogens (tertiary/aromatic N) is 2. The minimum atomic E-state index is -3.18. The smallest absolute Gasteiger partial charge is 0.211 e. The summed E-state index contributed by atoms with van der Waals surface area (Å²) >= 11 is 5.88. The summed E-state index contributed by atoms with van der Waals surface area (Å²) in [5.41, 5.74) is 3.69. The van der Waals surface area contributed by atoms with Gasteiger partial charge in [0.1, 0.15) is 0 Å². The van der Waals surface area contributed by atoms with E-state index in [4.69, 9.17) is 11.6 Å². The quantitative estimate of drug-likeness (QED) is 0.923. The molecule has 7 heteroatoms. The number of hydrogen-bond donors (Lipinski definition) is 1. The summed E-state index contributed by atoms with van der Waals surface area (Å²) in [5, 5.41) is 7.99. The molecular formula is C13H14ClN3O2S. The maximum Gasteiger partial charge on any atom is 0.211 e. The molecule has 1 aliphatic rings. The van der Waals surface area contributed by atoms with Gasteiger partial charge in [-0.05, 0) is 12.1 Å². The van der Waals surface area contributed by atoms with E-state index in [1.807, 2.05) is 12.1 Å². The molecule has 3 rings (SSSR count). The van der Waals surface area contributed by atoms with Crippen molar-refractivity contribution in [2.24, 2.45) is 0 Å². The lowest BCUT2D eigenvalue weighted by atomic mass is 10.0. The van der Waals surface area contributed by atoms with Crippen molar-refractivity contribution >= 4 is 21.6 Å². The number of sulfonamides is 1. The first-order valence-corrected chi connectivity index (χ1v) is 8.45. The second-order valence-electron chi connectivity index (χ2n) is 4.88. The predicted molar refractivity (Wildman–Crippen MR) is 78.0 cm³/mol. The van der Waals surface area contributed by atoms with Crippen LogP contribution in [-0.2, 0) is 23.0 Å². The minimum Gasteiger partial charge on any atom is -0.282 e. The molecule has 0 radical (unpaired) electrons. The highest BCUT2D eigenvalue weighted by atomic mass is 35.5. The van der Waals surface area contributed by atoms with Gasteiger partial charge in [-0.3, -0.25) is 5.10 Å². The van der Waals surface area contributed by atoms with E-state index >= 15 is 0 Å². The molecule has 1 aromatic carbocycles. The summed E-state index contributed by atoms with van der Waals surface area (Å²) in [6, 6.07) is 7.38. The molecule has 0 aliphatic carbocycles. The zero-order valence-corrected chi connectivity index (χ0v) is 12.5.